The summed E-state index contributed by atoms with van der Waals surface area (Å²) in [5.74, 6) is 1.50. The summed E-state index contributed by atoms with van der Waals surface area (Å²) in [5, 5.41) is 1.08. The van der Waals surface area contributed by atoms with Crippen LogP contribution in [0.5, 0.6) is 0 Å². The quantitative estimate of drug-likeness (QED) is 0.486. The van der Waals surface area contributed by atoms with Crippen molar-refractivity contribution in [3.8, 4) is 0 Å². The Labute approximate surface area is 85.0 Å². The van der Waals surface area contributed by atoms with E-state index in [4.69, 9.17) is 4.74 Å². The third-order valence-corrected chi connectivity index (χ3v) is 2.96. The zero-order valence-corrected chi connectivity index (χ0v) is 10.1. The molecule has 0 N–H and O–H groups in total. The van der Waals surface area contributed by atoms with Crippen molar-refractivity contribution in [2.45, 2.75) is 33.6 Å². The van der Waals surface area contributed by atoms with E-state index in [1.165, 1.54) is 12.8 Å². The molecule has 0 bridgehead atoms. The molecule has 0 aliphatic rings. The molecule has 74 valence electrons. The highest BCUT2D eigenvalue weighted by Gasteiger charge is 1.99. The van der Waals surface area contributed by atoms with Crippen molar-refractivity contribution in [3.63, 3.8) is 0 Å². The molecular formula is C10H21BrO. The van der Waals surface area contributed by atoms with Crippen molar-refractivity contribution >= 4 is 15.9 Å². The van der Waals surface area contributed by atoms with Crippen molar-refractivity contribution in [2.75, 3.05) is 18.5 Å². The van der Waals surface area contributed by atoms with Crippen molar-refractivity contribution in [2.24, 2.45) is 11.8 Å². The Morgan fingerprint density at radius 2 is 1.67 bits per heavy atom. The zero-order chi connectivity index (χ0) is 9.40. The molecule has 0 rings (SSSR count). The summed E-state index contributed by atoms with van der Waals surface area (Å²) in [6, 6.07) is 0. The summed E-state index contributed by atoms with van der Waals surface area (Å²) in [7, 11) is 0. The molecule has 0 heterocycles. The van der Waals surface area contributed by atoms with Crippen LogP contribution in [0.1, 0.15) is 33.6 Å². The maximum atomic E-state index is 5.50. The largest absolute Gasteiger partial charge is 0.381 e. The molecule has 0 spiro atoms. The van der Waals surface area contributed by atoms with Crippen molar-refractivity contribution in [3.05, 3.63) is 0 Å². The molecule has 0 aromatic rings. The first-order valence-electron chi connectivity index (χ1n) is 4.80. The fraction of sp³-hybridized carbons (Fsp3) is 1.00. The standard InChI is InChI=1S/C10H21BrO/c1-9(2)4-6-12-7-5-10(3)8-11/h9-10H,4-8H2,1-3H3. The lowest BCUT2D eigenvalue weighted by Crippen LogP contribution is -2.05. The number of ether oxygens (including phenoxy) is 1. The topological polar surface area (TPSA) is 9.23 Å². The van der Waals surface area contributed by atoms with E-state index in [0.717, 1.165) is 30.4 Å². The zero-order valence-electron chi connectivity index (χ0n) is 8.48. The predicted octanol–water partition coefficient (Wildman–Crippen LogP) is 3.47. The van der Waals surface area contributed by atoms with E-state index in [0.29, 0.717) is 0 Å². The monoisotopic (exact) mass is 236 g/mol. The molecule has 0 aliphatic carbocycles. The van der Waals surface area contributed by atoms with E-state index in [1.807, 2.05) is 0 Å². The first kappa shape index (κ1) is 12.4. The summed E-state index contributed by atoms with van der Waals surface area (Å²) < 4.78 is 5.50. The van der Waals surface area contributed by atoms with Crippen LogP contribution in [0.3, 0.4) is 0 Å². The van der Waals surface area contributed by atoms with Crippen LogP contribution >= 0.6 is 15.9 Å². The molecular weight excluding hydrogens is 216 g/mol. The van der Waals surface area contributed by atoms with Crippen LogP contribution in [0.4, 0.5) is 0 Å². The van der Waals surface area contributed by atoms with Gasteiger partial charge in [0, 0.05) is 18.5 Å². The molecule has 0 amide bonds. The number of hydrogen-bond acceptors (Lipinski definition) is 1. The first-order valence-corrected chi connectivity index (χ1v) is 5.92. The first-order chi connectivity index (χ1) is 5.66. The molecule has 0 aromatic carbocycles. The van der Waals surface area contributed by atoms with Gasteiger partial charge >= 0.3 is 0 Å². The second kappa shape index (κ2) is 8.06. The van der Waals surface area contributed by atoms with Crippen LogP contribution in [-0.4, -0.2) is 18.5 Å². The van der Waals surface area contributed by atoms with Crippen molar-refractivity contribution in [1.29, 1.82) is 0 Å². The average Bonchev–Trinajstić information content (AvgIpc) is 2.03. The van der Waals surface area contributed by atoms with E-state index < -0.39 is 0 Å². The van der Waals surface area contributed by atoms with E-state index in [2.05, 4.69) is 36.7 Å². The second-order valence-electron chi connectivity index (χ2n) is 3.84. The van der Waals surface area contributed by atoms with Crippen LogP contribution < -0.4 is 0 Å². The summed E-state index contributed by atoms with van der Waals surface area (Å²) in [5.41, 5.74) is 0. The fourth-order valence-corrected chi connectivity index (χ4v) is 1.11. The smallest absolute Gasteiger partial charge is 0.0468 e. The van der Waals surface area contributed by atoms with Crippen molar-refractivity contribution < 1.29 is 4.74 Å². The Balaban J connectivity index is 3.00. The molecule has 0 radical (unpaired) electrons. The number of hydrogen-bond donors (Lipinski definition) is 0. The van der Waals surface area contributed by atoms with Gasteiger partial charge in [0.05, 0.1) is 0 Å². The van der Waals surface area contributed by atoms with Crippen molar-refractivity contribution in [1.82, 2.24) is 0 Å². The summed E-state index contributed by atoms with van der Waals surface area (Å²) in [4.78, 5) is 0. The third kappa shape index (κ3) is 8.54. The van der Waals surface area contributed by atoms with E-state index in [1.54, 1.807) is 0 Å². The summed E-state index contributed by atoms with van der Waals surface area (Å²) in [6.07, 6.45) is 2.35. The molecule has 12 heavy (non-hydrogen) atoms. The van der Waals surface area contributed by atoms with Crippen LogP contribution in [0.25, 0.3) is 0 Å². The fourth-order valence-electron chi connectivity index (χ4n) is 0.783. The molecule has 0 saturated heterocycles. The normalized spacial score (nSPS) is 13.8. The van der Waals surface area contributed by atoms with Gasteiger partial charge in [-0.2, -0.15) is 0 Å². The Bertz CT molecular complexity index is 93.8. The van der Waals surface area contributed by atoms with Crippen LogP contribution in [0, 0.1) is 11.8 Å². The predicted molar refractivity (Wildman–Crippen MR) is 57.8 cm³/mol. The molecule has 1 nitrogen and oxygen atoms in total. The lowest BCUT2D eigenvalue weighted by atomic mass is 10.1. The van der Waals surface area contributed by atoms with Gasteiger partial charge in [0.15, 0.2) is 0 Å². The van der Waals surface area contributed by atoms with Gasteiger partial charge < -0.3 is 4.74 Å². The van der Waals surface area contributed by atoms with E-state index >= 15 is 0 Å². The van der Waals surface area contributed by atoms with Gasteiger partial charge in [-0.3, -0.25) is 0 Å². The lowest BCUT2D eigenvalue weighted by molar-refractivity contribution is 0.114. The summed E-state index contributed by atoms with van der Waals surface area (Å²) in [6.45, 7) is 8.53. The van der Waals surface area contributed by atoms with Gasteiger partial charge in [0.25, 0.3) is 0 Å². The maximum absolute atomic E-state index is 5.50. The average molecular weight is 237 g/mol. The van der Waals surface area contributed by atoms with Gasteiger partial charge in [-0.1, -0.05) is 36.7 Å². The highest BCUT2D eigenvalue weighted by molar-refractivity contribution is 9.09. The molecule has 1 unspecified atom stereocenters. The van der Waals surface area contributed by atoms with Gasteiger partial charge in [0.1, 0.15) is 0 Å². The Morgan fingerprint density at radius 3 is 2.17 bits per heavy atom. The van der Waals surface area contributed by atoms with Crippen LogP contribution in [0.15, 0.2) is 0 Å². The number of alkyl halides is 1. The van der Waals surface area contributed by atoms with E-state index in [-0.39, 0.29) is 0 Å². The molecule has 2 heteroatoms. The van der Waals surface area contributed by atoms with Gasteiger partial charge in [0.2, 0.25) is 0 Å². The Hall–Kier alpha value is 0.440. The van der Waals surface area contributed by atoms with Gasteiger partial charge in [-0.05, 0) is 24.7 Å². The summed E-state index contributed by atoms with van der Waals surface area (Å²) >= 11 is 3.45. The number of rotatable bonds is 7. The minimum Gasteiger partial charge on any atom is -0.381 e. The third-order valence-electron chi connectivity index (χ3n) is 1.86. The Kier molecular flexibility index (Phi) is 8.35. The lowest BCUT2D eigenvalue weighted by Gasteiger charge is -2.09. The number of halogens is 1. The van der Waals surface area contributed by atoms with E-state index in [9.17, 15) is 0 Å². The van der Waals surface area contributed by atoms with Gasteiger partial charge in [-0.25, -0.2) is 0 Å². The maximum Gasteiger partial charge on any atom is 0.0468 e. The molecule has 1 atom stereocenters. The molecule has 0 saturated carbocycles. The molecule has 0 fully saturated rings. The highest BCUT2D eigenvalue weighted by atomic mass is 79.9. The van der Waals surface area contributed by atoms with Crippen LogP contribution in [-0.2, 0) is 4.74 Å². The van der Waals surface area contributed by atoms with Gasteiger partial charge in [-0.15, -0.1) is 0 Å². The molecule has 0 aliphatic heterocycles. The second-order valence-corrected chi connectivity index (χ2v) is 4.49. The minimum atomic E-state index is 0.740. The van der Waals surface area contributed by atoms with Crippen LogP contribution in [0.2, 0.25) is 0 Å². The molecule has 0 aromatic heterocycles. The highest BCUT2D eigenvalue weighted by Crippen LogP contribution is 2.06. The SMILES string of the molecule is CC(C)CCOCCC(C)CBr. The Morgan fingerprint density at radius 1 is 1.08 bits per heavy atom. The minimum absolute atomic E-state index is 0.740.